The maximum absolute atomic E-state index is 10.1. The number of fused-ring (bicyclic) bond motifs is 3. The lowest BCUT2D eigenvalue weighted by atomic mass is 9.79. The van der Waals surface area contributed by atoms with Crippen molar-refractivity contribution in [2.75, 3.05) is 63.2 Å². The molecule has 614 valence electrons. The molecule has 6 aliphatic rings. The molecule has 0 radical (unpaired) electrons. The highest BCUT2D eigenvalue weighted by atomic mass is 79.9. The van der Waals surface area contributed by atoms with E-state index >= 15 is 0 Å². The quantitative estimate of drug-likeness (QED) is 0.0260. The predicted molar refractivity (Wildman–Crippen MR) is 464 cm³/mol. The Morgan fingerprint density at radius 2 is 0.856 bits per heavy atom. The van der Waals surface area contributed by atoms with Crippen molar-refractivity contribution in [3.05, 3.63) is 111 Å². The number of benzene rings is 2. The van der Waals surface area contributed by atoms with Crippen LogP contribution < -0.4 is 27.6 Å². The van der Waals surface area contributed by atoms with Gasteiger partial charge in [-0.2, -0.15) is 15.0 Å². The van der Waals surface area contributed by atoms with Crippen LogP contribution in [0, 0.1) is 0 Å². The normalized spacial score (nSPS) is 22.3. The number of anilines is 2. The van der Waals surface area contributed by atoms with Crippen LogP contribution in [0.15, 0.2) is 94.7 Å². The highest BCUT2D eigenvalue weighted by Crippen LogP contribution is 2.40. The SMILES string of the molecule is CC1(C)OB(c2ccc(CN3CCOCC3)cc2)OC1(C)C.CCC[C@H](C)N.CCC[C@H](C)N.CCC[C@H](C)Nc1ncc2c(-c3ccc(CN4CCOCC4)cc3)cn(C3CCC(O)CC3)c2n1.CCC[C@H](C)Nc1ncc2c(Br)cn(C3CCC(O)CC3)c2n1.Cl.OC1CCC(n2cc(Br)c3cnc(Cl)nc32)CC1. The molecule has 22 nitrogen and oxygen atoms in total. The summed E-state index contributed by atoms with van der Waals surface area (Å²) >= 11 is 13.0. The van der Waals surface area contributed by atoms with E-state index in [0.717, 1.165) is 229 Å². The number of nitrogens with two attached hydrogens (primary N) is 2. The summed E-state index contributed by atoms with van der Waals surface area (Å²) in [6.07, 6.45) is 31.7. The molecule has 0 spiro atoms. The van der Waals surface area contributed by atoms with E-state index in [2.05, 4.69) is 216 Å². The number of hydrogen-bond acceptors (Lipinski definition) is 19. The molecule has 3 saturated heterocycles. The molecular weight excluding hydrogens is 1570 g/mol. The van der Waals surface area contributed by atoms with Crippen LogP contribution in [0.1, 0.15) is 241 Å². The molecule has 6 aromatic heterocycles. The van der Waals surface area contributed by atoms with Gasteiger partial charge in [-0.3, -0.25) is 9.80 Å². The second kappa shape index (κ2) is 45.0. The minimum Gasteiger partial charge on any atom is -0.399 e. The molecule has 3 aliphatic heterocycles. The number of ether oxygens (including phenoxy) is 2. The average Bonchev–Trinajstić information content (AvgIpc) is 1.65. The minimum atomic E-state index is -0.288. The fourth-order valence-electron chi connectivity index (χ4n) is 15.1. The maximum Gasteiger partial charge on any atom is 0.494 e. The average molecular weight is 1700 g/mol. The van der Waals surface area contributed by atoms with E-state index in [4.69, 9.17) is 51.8 Å². The first-order valence-corrected chi connectivity index (χ1v) is 43.0. The third kappa shape index (κ3) is 27.1. The van der Waals surface area contributed by atoms with Crippen LogP contribution in [0.3, 0.4) is 0 Å². The highest BCUT2D eigenvalue weighted by Gasteiger charge is 2.51. The molecule has 3 aliphatic carbocycles. The van der Waals surface area contributed by atoms with Gasteiger partial charge in [0.1, 0.15) is 16.9 Å². The van der Waals surface area contributed by atoms with Crippen molar-refractivity contribution in [1.29, 1.82) is 0 Å². The summed E-state index contributed by atoms with van der Waals surface area (Å²) in [6, 6.07) is 20.2. The van der Waals surface area contributed by atoms with Gasteiger partial charge in [-0.1, -0.05) is 102 Å². The first kappa shape index (κ1) is 91.6. The number of aliphatic hydroxyl groups is 3. The highest BCUT2D eigenvalue weighted by molar-refractivity contribution is 9.11. The van der Waals surface area contributed by atoms with Gasteiger partial charge in [0.2, 0.25) is 17.2 Å². The molecule has 2 aromatic carbocycles. The third-order valence-corrected chi connectivity index (χ3v) is 23.7. The Bertz CT molecular complexity index is 4000. The summed E-state index contributed by atoms with van der Waals surface area (Å²) in [4.78, 5) is 32.1. The molecule has 6 fully saturated rings. The van der Waals surface area contributed by atoms with Gasteiger partial charge in [0.05, 0.1) is 66.7 Å². The van der Waals surface area contributed by atoms with Crippen LogP contribution in [0.2, 0.25) is 5.28 Å². The lowest BCUT2D eigenvalue weighted by Crippen LogP contribution is -2.41. The van der Waals surface area contributed by atoms with Crippen LogP contribution in [-0.2, 0) is 31.9 Å². The van der Waals surface area contributed by atoms with Crippen LogP contribution in [0.4, 0.5) is 11.9 Å². The van der Waals surface area contributed by atoms with Crippen LogP contribution in [0.5, 0.6) is 0 Å². The number of hydrogen-bond donors (Lipinski definition) is 7. The van der Waals surface area contributed by atoms with Gasteiger partial charge in [-0.15, -0.1) is 12.4 Å². The molecule has 0 unspecified atom stereocenters. The van der Waals surface area contributed by atoms with Gasteiger partial charge in [-0.25, -0.2) is 15.0 Å². The molecule has 111 heavy (non-hydrogen) atoms. The Morgan fingerprint density at radius 1 is 0.505 bits per heavy atom. The number of halogens is 4. The van der Waals surface area contributed by atoms with Gasteiger partial charge in [-0.05, 0) is 224 Å². The molecule has 0 amide bonds. The lowest BCUT2D eigenvalue weighted by molar-refractivity contribution is 0.00578. The van der Waals surface area contributed by atoms with E-state index in [0.29, 0.717) is 54.2 Å². The first-order chi connectivity index (χ1) is 52.7. The summed E-state index contributed by atoms with van der Waals surface area (Å²) < 4.78 is 31.8. The number of aliphatic hydroxyl groups excluding tert-OH is 3. The van der Waals surface area contributed by atoms with Crippen molar-refractivity contribution in [2.24, 2.45) is 11.5 Å². The second-order valence-electron chi connectivity index (χ2n) is 32.3. The molecule has 27 heteroatoms. The second-order valence-corrected chi connectivity index (χ2v) is 34.4. The molecule has 3 saturated carbocycles. The van der Waals surface area contributed by atoms with E-state index in [1.165, 1.54) is 35.1 Å². The van der Waals surface area contributed by atoms with Crippen LogP contribution in [0.25, 0.3) is 44.2 Å². The summed E-state index contributed by atoms with van der Waals surface area (Å²) in [6.45, 7) is 34.7. The molecule has 8 aromatic rings. The molecular formula is C84H130BBr2Cl2N15O7. The zero-order valence-corrected chi connectivity index (χ0v) is 73.0. The number of nitrogens with one attached hydrogen (secondary N) is 2. The van der Waals surface area contributed by atoms with Crippen LogP contribution >= 0.6 is 55.9 Å². The van der Waals surface area contributed by atoms with Crippen LogP contribution in [-0.4, -0.2) is 182 Å². The van der Waals surface area contributed by atoms with Gasteiger partial charge in [0, 0.05) is 139 Å². The van der Waals surface area contributed by atoms with Gasteiger partial charge < -0.3 is 69.9 Å². The third-order valence-electron chi connectivity index (χ3n) is 22.2. The molecule has 0 bridgehead atoms. The fraction of sp³-hybridized carbons (Fsp3) is 0.643. The predicted octanol–water partition coefficient (Wildman–Crippen LogP) is 17.1. The van der Waals surface area contributed by atoms with E-state index in [-0.39, 0.29) is 54.3 Å². The Balaban J connectivity index is 0.000000181. The molecule has 9 heterocycles. The Morgan fingerprint density at radius 3 is 1.23 bits per heavy atom. The summed E-state index contributed by atoms with van der Waals surface area (Å²) in [5, 5.41) is 39.6. The number of aromatic nitrogens is 9. The van der Waals surface area contributed by atoms with E-state index in [1.807, 2.05) is 32.4 Å². The van der Waals surface area contributed by atoms with Crippen molar-refractivity contribution >= 4 is 113 Å². The Hall–Kier alpha value is -4.94. The van der Waals surface area contributed by atoms with E-state index < -0.39 is 0 Å². The number of morpholine rings is 2. The van der Waals surface area contributed by atoms with Crippen molar-refractivity contribution in [2.45, 2.75) is 296 Å². The first-order valence-electron chi connectivity index (χ1n) is 41.1. The fourth-order valence-corrected chi connectivity index (χ4v) is 16.3. The lowest BCUT2D eigenvalue weighted by Gasteiger charge is -2.32. The largest absolute Gasteiger partial charge is 0.494 e. The number of nitrogens with zero attached hydrogens (tertiary/aromatic N) is 11. The minimum absolute atomic E-state index is 0. The number of rotatable bonds is 21. The zero-order valence-electron chi connectivity index (χ0n) is 68.2. The zero-order chi connectivity index (χ0) is 79.1. The molecule has 4 atom stereocenters. The van der Waals surface area contributed by atoms with E-state index in [1.54, 1.807) is 6.20 Å². The summed E-state index contributed by atoms with van der Waals surface area (Å²) in [7, 11) is -0.276. The summed E-state index contributed by atoms with van der Waals surface area (Å²) in [5.74, 6) is 1.39. The smallest absolute Gasteiger partial charge is 0.399 e. The standard InChI is InChI=1S/C28H39N5O2.C17H26BNO3.C17H25BrN4O.C12H13BrClN3O.2C5H13N.ClH/c1-3-4-20(2)30-28-29-17-25-26(19-33(27(25)31-28)23-9-11-24(34)12-10-23)22-7-5-21(6-8-22)18-32-13-15-35-16-14-32;1-16(2)17(3,4)22-18(21-16)15-7-5-14(6-8-15)13-19-9-11-20-12-10-19;1-3-4-11(2)20-17-19-9-14-15(18)10-22(16(14)21-17)12-5-7-13(23)8-6-12;13-10-6-17(7-1-3-8(18)4-2-7)11-9(10)5-15-12(14)16-11;2*1-3-4-5(2)6;/h5-8,17,19-20,23-24,34H,3-4,9-16,18H2,1-2H3,(H,29,30,31);5-8H,9-13H2,1-4H3;9-13,23H,3-8H2,1-2H3,(H,19,20,21);5-8,18H,1-4H2;2*5H,3-4,6H2,1-2H3;1H/t20-,23?,24?;;11-,12?,13?;;2*5-;/m0.0.00./s1. The monoisotopic (exact) mass is 1700 g/mol. The van der Waals surface area contributed by atoms with Crippen molar-refractivity contribution in [3.63, 3.8) is 0 Å². The topological polar surface area (TPSA) is 272 Å². The maximum atomic E-state index is 10.1. The summed E-state index contributed by atoms with van der Waals surface area (Å²) in [5.41, 5.74) is 19.2. The van der Waals surface area contributed by atoms with Gasteiger partial charge >= 0.3 is 7.12 Å². The Labute approximate surface area is 689 Å². The van der Waals surface area contributed by atoms with Crippen molar-refractivity contribution in [1.82, 2.24) is 53.4 Å². The molecule has 14 rings (SSSR count). The van der Waals surface area contributed by atoms with Gasteiger partial charge in [0.25, 0.3) is 0 Å². The van der Waals surface area contributed by atoms with E-state index in [9.17, 15) is 15.3 Å². The van der Waals surface area contributed by atoms with Crippen molar-refractivity contribution in [3.8, 4) is 11.1 Å². The molecule has 9 N–H and O–H groups in total. The van der Waals surface area contributed by atoms with Gasteiger partial charge in [0.15, 0.2) is 0 Å². The Kier molecular flexibility index (Phi) is 37.1. The van der Waals surface area contributed by atoms with Crippen molar-refractivity contribution < 1.29 is 34.1 Å².